The van der Waals surface area contributed by atoms with Gasteiger partial charge in [-0.15, -0.1) is 0 Å². The molecule has 1 aliphatic carbocycles. The number of hydrogen-bond donors (Lipinski definition) is 3. The van der Waals surface area contributed by atoms with Crippen molar-refractivity contribution in [3.05, 3.63) is 54.1 Å². The predicted molar refractivity (Wildman–Crippen MR) is 94.8 cm³/mol. The number of rotatable bonds is 4. The minimum Gasteiger partial charge on any atom is -0.395 e. The molecule has 23 heavy (non-hydrogen) atoms. The quantitative estimate of drug-likeness (QED) is 0.811. The molecule has 0 amide bonds. The Morgan fingerprint density at radius 3 is 2.74 bits per heavy atom. The van der Waals surface area contributed by atoms with Crippen LogP contribution in [0.15, 0.2) is 48.5 Å². The zero-order chi connectivity index (χ0) is 15.6. The largest absolute Gasteiger partial charge is 0.395 e. The van der Waals surface area contributed by atoms with Gasteiger partial charge in [-0.25, -0.2) is 0 Å². The summed E-state index contributed by atoms with van der Waals surface area (Å²) < 4.78 is 0. The topological polar surface area (TPSA) is 44.3 Å². The van der Waals surface area contributed by atoms with Crippen LogP contribution < -0.4 is 10.6 Å². The first-order chi connectivity index (χ1) is 11.4. The minimum absolute atomic E-state index is 0.207. The van der Waals surface area contributed by atoms with Gasteiger partial charge >= 0.3 is 0 Å². The van der Waals surface area contributed by atoms with E-state index in [0.717, 1.165) is 0 Å². The lowest BCUT2D eigenvalue weighted by molar-refractivity contribution is 0.260. The third-order valence-corrected chi connectivity index (χ3v) is 5.30. The number of nitrogens with one attached hydrogen (secondary N) is 2. The molecule has 1 aliphatic heterocycles. The van der Waals surface area contributed by atoms with Gasteiger partial charge in [-0.1, -0.05) is 42.8 Å². The summed E-state index contributed by atoms with van der Waals surface area (Å²) in [6.07, 6.45) is 3.69. The lowest BCUT2D eigenvalue weighted by Gasteiger charge is -2.34. The molecule has 3 nitrogen and oxygen atoms in total. The van der Waals surface area contributed by atoms with Crippen LogP contribution in [0.5, 0.6) is 0 Å². The molecule has 1 fully saturated rings. The second-order valence-electron chi connectivity index (χ2n) is 6.66. The van der Waals surface area contributed by atoms with Crippen LogP contribution in [0.2, 0.25) is 0 Å². The van der Waals surface area contributed by atoms with Crippen molar-refractivity contribution < 1.29 is 5.11 Å². The molecule has 2 aliphatic rings. The molecule has 3 atom stereocenters. The average Bonchev–Trinajstić information content (AvgIpc) is 2.99. The van der Waals surface area contributed by atoms with Crippen molar-refractivity contribution in [3.8, 4) is 11.1 Å². The number of hydrogen-bond acceptors (Lipinski definition) is 3. The maximum atomic E-state index is 9.09. The number of aliphatic hydroxyl groups is 1. The van der Waals surface area contributed by atoms with E-state index in [4.69, 9.17) is 5.11 Å². The maximum absolute atomic E-state index is 9.09. The molecule has 0 spiro atoms. The highest BCUT2D eigenvalue weighted by atomic mass is 16.3. The van der Waals surface area contributed by atoms with E-state index in [0.29, 0.717) is 24.5 Å². The molecule has 0 saturated heterocycles. The molecule has 2 aromatic rings. The first-order valence-electron chi connectivity index (χ1n) is 8.67. The second kappa shape index (κ2) is 6.34. The average molecular weight is 308 g/mol. The van der Waals surface area contributed by atoms with Crippen molar-refractivity contribution in [1.82, 2.24) is 5.32 Å². The van der Waals surface area contributed by atoms with Crippen LogP contribution in [-0.4, -0.2) is 30.3 Å². The number of aliphatic hydroxyl groups excluding tert-OH is 1. The van der Waals surface area contributed by atoms with Crippen molar-refractivity contribution in [1.29, 1.82) is 0 Å². The summed E-state index contributed by atoms with van der Waals surface area (Å²) in [6.45, 7) is 0.889. The van der Waals surface area contributed by atoms with Crippen molar-refractivity contribution in [3.63, 3.8) is 0 Å². The molecule has 3 heteroatoms. The fourth-order valence-electron chi connectivity index (χ4n) is 4.22. The first-order valence-corrected chi connectivity index (χ1v) is 8.67. The summed E-state index contributed by atoms with van der Waals surface area (Å²) >= 11 is 0. The molecule has 1 saturated carbocycles. The van der Waals surface area contributed by atoms with Gasteiger partial charge in [0.25, 0.3) is 0 Å². The molecule has 3 N–H and O–H groups in total. The van der Waals surface area contributed by atoms with E-state index >= 15 is 0 Å². The Bertz CT molecular complexity index is 671. The van der Waals surface area contributed by atoms with E-state index in [2.05, 4.69) is 59.2 Å². The molecule has 3 unspecified atom stereocenters. The van der Waals surface area contributed by atoms with E-state index in [1.807, 2.05) is 0 Å². The molecule has 1 heterocycles. The Kier molecular flexibility index (Phi) is 4.06. The Labute approximate surface area is 137 Å². The van der Waals surface area contributed by atoms with Crippen LogP contribution in [0.25, 0.3) is 11.1 Å². The van der Waals surface area contributed by atoms with Crippen LogP contribution >= 0.6 is 0 Å². The first kappa shape index (κ1) is 14.7. The summed E-state index contributed by atoms with van der Waals surface area (Å²) in [5.41, 5.74) is 5.34. The molecular formula is C20H24N2O. The maximum Gasteiger partial charge on any atom is 0.0556 e. The summed E-state index contributed by atoms with van der Waals surface area (Å²) in [7, 11) is 0. The highest BCUT2D eigenvalue weighted by Gasteiger charge is 2.39. The number of anilines is 1. The summed E-state index contributed by atoms with van der Waals surface area (Å²) in [5, 5.41) is 16.3. The van der Waals surface area contributed by atoms with E-state index in [-0.39, 0.29) is 6.61 Å². The number of fused-ring (bicyclic) bond motifs is 3. The normalized spacial score (nSPS) is 25.5. The Hall–Kier alpha value is -1.84. The Morgan fingerprint density at radius 1 is 1.04 bits per heavy atom. The molecule has 0 aromatic heterocycles. The second-order valence-corrected chi connectivity index (χ2v) is 6.66. The van der Waals surface area contributed by atoms with Crippen LogP contribution in [-0.2, 0) is 0 Å². The monoisotopic (exact) mass is 308 g/mol. The van der Waals surface area contributed by atoms with Crippen LogP contribution in [0.4, 0.5) is 5.69 Å². The Morgan fingerprint density at radius 2 is 1.91 bits per heavy atom. The van der Waals surface area contributed by atoms with Crippen molar-refractivity contribution in [2.45, 2.75) is 37.3 Å². The van der Waals surface area contributed by atoms with Crippen molar-refractivity contribution >= 4 is 5.69 Å². The molecular weight excluding hydrogens is 284 g/mol. The molecule has 120 valence electrons. The van der Waals surface area contributed by atoms with Crippen LogP contribution in [0.3, 0.4) is 0 Å². The van der Waals surface area contributed by atoms with Gasteiger partial charge in [-0.2, -0.15) is 0 Å². The van der Waals surface area contributed by atoms with Gasteiger partial charge in [-0.3, -0.25) is 0 Å². The van der Waals surface area contributed by atoms with Crippen molar-refractivity contribution in [2.24, 2.45) is 0 Å². The predicted octanol–water partition coefficient (Wildman–Crippen LogP) is 3.37. The van der Waals surface area contributed by atoms with Gasteiger partial charge < -0.3 is 15.7 Å². The summed E-state index contributed by atoms with van der Waals surface area (Å²) in [5.74, 6) is 0.582. The van der Waals surface area contributed by atoms with Gasteiger partial charge in [0.2, 0.25) is 0 Å². The highest BCUT2D eigenvalue weighted by molar-refractivity contribution is 5.71. The fraction of sp³-hybridized carbons (Fsp3) is 0.400. The lowest BCUT2D eigenvalue weighted by Crippen LogP contribution is -2.48. The van der Waals surface area contributed by atoms with Crippen LogP contribution in [0.1, 0.15) is 30.7 Å². The molecule has 0 radical (unpaired) electrons. The third-order valence-electron chi connectivity index (χ3n) is 5.30. The van der Waals surface area contributed by atoms with E-state index in [9.17, 15) is 0 Å². The fourth-order valence-corrected chi connectivity index (χ4v) is 4.22. The highest BCUT2D eigenvalue weighted by Crippen LogP contribution is 2.45. The third kappa shape index (κ3) is 2.75. The Balaban J connectivity index is 1.62. The number of benzene rings is 2. The SMILES string of the molecule is OCCNC1CCCC2c3cc(-c4ccccc4)ccc3NC12. The molecule has 0 bridgehead atoms. The van der Waals surface area contributed by atoms with Gasteiger partial charge in [-0.05, 0) is 41.7 Å². The van der Waals surface area contributed by atoms with Crippen molar-refractivity contribution in [2.75, 3.05) is 18.5 Å². The van der Waals surface area contributed by atoms with Gasteiger partial charge in [0.05, 0.1) is 6.61 Å². The van der Waals surface area contributed by atoms with E-state index in [1.54, 1.807) is 0 Å². The van der Waals surface area contributed by atoms with Gasteiger partial charge in [0.1, 0.15) is 0 Å². The smallest absolute Gasteiger partial charge is 0.0556 e. The van der Waals surface area contributed by atoms with E-state index < -0.39 is 0 Å². The zero-order valence-electron chi connectivity index (χ0n) is 13.3. The zero-order valence-corrected chi connectivity index (χ0v) is 13.3. The van der Waals surface area contributed by atoms with Crippen LogP contribution in [0, 0.1) is 0 Å². The van der Waals surface area contributed by atoms with Gasteiger partial charge in [0, 0.05) is 30.2 Å². The minimum atomic E-state index is 0.207. The molecule has 2 aromatic carbocycles. The standard InChI is InChI=1S/C20H24N2O/c23-12-11-21-19-8-4-7-16-17-13-15(14-5-2-1-3-6-14)9-10-18(17)22-20(16)19/h1-3,5-6,9-10,13,16,19-23H,4,7-8,11-12H2. The summed E-state index contributed by atoms with van der Waals surface area (Å²) in [4.78, 5) is 0. The lowest BCUT2D eigenvalue weighted by atomic mass is 9.79. The van der Waals surface area contributed by atoms with E-state index in [1.165, 1.54) is 41.6 Å². The van der Waals surface area contributed by atoms with Gasteiger partial charge in [0.15, 0.2) is 0 Å². The summed E-state index contributed by atoms with van der Waals surface area (Å²) in [6, 6.07) is 18.3. The molecule has 4 rings (SSSR count).